The van der Waals surface area contributed by atoms with Gasteiger partial charge in [0, 0.05) is 30.7 Å². The molecule has 2 atom stereocenters. The first kappa shape index (κ1) is 27.3. The minimum absolute atomic E-state index is 0.0200. The van der Waals surface area contributed by atoms with E-state index in [1.165, 1.54) is 41.2 Å². The molecule has 1 N–H and O–H groups in total. The number of carbonyl (C=O) groups is 3. The Hall–Kier alpha value is -3.77. The monoisotopic (exact) mass is 561 g/mol. The highest BCUT2D eigenvalue weighted by molar-refractivity contribution is 7.18. The van der Waals surface area contributed by atoms with Gasteiger partial charge in [-0.1, -0.05) is 16.1 Å². The lowest BCUT2D eigenvalue weighted by Crippen LogP contribution is -2.47. The van der Waals surface area contributed by atoms with Gasteiger partial charge in [0.2, 0.25) is 0 Å². The molecule has 0 radical (unpaired) electrons. The summed E-state index contributed by atoms with van der Waals surface area (Å²) >= 11 is 7.01. The molecule has 0 spiro atoms. The van der Waals surface area contributed by atoms with E-state index in [1.807, 2.05) is 0 Å². The van der Waals surface area contributed by atoms with Gasteiger partial charge < -0.3 is 10.1 Å². The maximum atomic E-state index is 15.4. The number of thiophene rings is 1. The number of benzene rings is 1. The van der Waals surface area contributed by atoms with E-state index in [4.69, 9.17) is 16.3 Å². The normalized spacial score (nSPS) is 17.2. The fraction of sp³-hybridized carbons (Fsp3) is 0.320. The van der Waals surface area contributed by atoms with E-state index in [-0.39, 0.29) is 29.3 Å². The zero-order valence-electron chi connectivity index (χ0n) is 20.8. The second-order valence-electron chi connectivity index (χ2n) is 9.58. The molecular formula is C25H25ClFN5O5S. The van der Waals surface area contributed by atoms with Crippen molar-refractivity contribution in [1.29, 1.82) is 0 Å². The Morgan fingerprint density at radius 1 is 1.18 bits per heavy atom. The van der Waals surface area contributed by atoms with Crippen molar-refractivity contribution in [3.05, 3.63) is 74.6 Å². The molecule has 0 aliphatic carbocycles. The van der Waals surface area contributed by atoms with Crippen LogP contribution in [-0.2, 0) is 9.53 Å². The summed E-state index contributed by atoms with van der Waals surface area (Å²) in [5.74, 6) is -1.41. The van der Waals surface area contributed by atoms with Gasteiger partial charge in [-0.25, -0.2) is 4.79 Å². The second-order valence-corrected chi connectivity index (χ2v) is 11.3. The van der Waals surface area contributed by atoms with Crippen LogP contribution in [0.4, 0.5) is 15.0 Å². The number of nitrogens with zero attached hydrogens (tertiary/aromatic N) is 4. The molecule has 4 rings (SSSR count). The van der Waals surface area contributed by atoms with Gasteiger partial charge in [0.1, 0.15) is 11.6 Å². The van der Waals surface area contributed by atoms with Crippen LogP contribution < -0.4 is 16.0 Å². The van der Waals surface area contributed by atoms with Crippen molar-refractivity contribution in [2.45, 2.75) is 44.9 Å². The lowest BCUT2D eigenvalue weighted by atomic mass is 10.1. The van der Waals surface area contributed by atoms with E-state index in [2.05, 4.69) is 10.3 Å². The Bertz CT molecular complexity index is 1400. The largest absolute Gasteiger partial charge is 0.444 e. The van der Waals surface area contributed by atoms with Gasteiger partial charge >= 0.3 is 6.09 Å². The smallest absolute Gasteiger partial charge is 0.411 e. The molecule has 1 fully saturated rings. The van der Waals surface area contributed by atoms with Crippen molar-refractivity contribution < 1.29 is 23.6 Å². The highest BCUT2D eigenvalue weighted by atomic mass is 35.5. The lowest BCUT2D eigenvalue weighted by Gasteiger charge is -2.28. The SMILES string of the molecule is CC(C)(C)OC(=O)N1C[C@@H](NC(=O)c2ccc(Cl)s2)C[C@H]1C(=O)N(F)c1ccc(-n2ccncc2=O)cc1. The minimum Gasteiger partial charge on any atom is -0.444 e. The molecule has 10 nitrogen and oxygen atoms in total. The Kier molecular flexibility index (Phi) is 7.83. The second kappa shape index (κ2) is 10.9. The van der Waals surface area contributed by atoms with Crippen molar-refractivity contribution in [2.75, 3.05) is 11.7 Å². The van der Waals surface area contributed by atoms with Crippen molar-refractivity contribution in [3.63, 3.8) is 0 Å². The summed E-state index contributed by atoms with van der Waals surface area (Å²) < 4.78 is 22.5. The number of amides is 3. The number of rotatable bonds is 5. The third-order valence-electron chi connectivity index (χ3n) is 5.62. The molecule has 1 aliphatic rings. The van der Waals surface area contributed by atoms with Crippen LogP contribution in [0.25, 0.3) is 5.69 Å². The first-order valence-electron chi connectivity index (χ1n) is 11.6. The third-order valence-corrected chi connectivity index (χ3v) is 6.85. The fourth-order valence-electron chi connectivity index (χ4n) is 3.95. The molecule has 3 heterocycles. The van der Waals surface area contributed by atoms with E-state index in [9.17, 15) is 19.2 Å². The van der Waals surface area contributed by atoms with Crippen LogP contribution in [0.2, 0.25) is 4.34 Å². The summed E-state index contributed by atoms with van der Waals surface area (Å²) in [5, 5.41) is 2.73. The molecule has 38 heavy (non-hydrogen) atoms. The number of anilines is 1. The standard InChI is InChI=1S/C25H25ClFN5O5S/c1-25(2,3)37-24(36)31-14-15(29-22(34)19-8-9-20(26)38-19)12-18(31)23(35)32(27)17-6-4-16(5-7-17)30-11-10-28-13-21(30)33/h4-11,13,15,18H,12,14H2,1-3H3,(H,29,34)/t15-,18-/m0/s1. The zero-order chi connectivity index (χ0) is 27.6. The predicted molar refractivity (Wildman–Crippen MR) is 140 cm³/mol. The molecular weight excluding hydrogens is 537 g/mol. The molecule has 1 saturated heterocycles. The number of ether oxygens (including phenoxy) is 1. The third kappa shape index (κ3) is 6.20. The van der Waals surface area contributed by atoms with Gasteiger partial charge in [0.05, 0.1) is 21.1 Å². The van der Waals surface area contributed by atoms with Crippen LogP contribution in [0.5, 0.6) is 0 Å². The van der Waals surface area contributed by atoms with E-state index in [0.717, 1.165) is 22.4 Å². The number of likely N-dealkylation sites (tertiary alicyclic amines) is 1. The summed E-state index contributed by atoms with van der Waals surface area (Å²) in [7, 11) is 0. The van der Waals surface area contributed by atoms with Gasteiger partial charge in [-0.2, -0.15) is 0 Å². The van der Waals surface area contributed by atoms with Gasteiger partial charge in [0.15, 0.2) is 0 Å². The summed E-state index contributed by atoms with van der Waals surface area (Å²) in [4.78, 5) is 56.0. The Balaban J connectivity index is 1.53. The van der Waals surface area contributed by atoms with Crippen molar-refractivity contribution in [1.82, 2.24) is 19.8 Å². The van der Waals surface area contributed by atoms with Crippen LogP contribution in [0.3, 0.4) is 0 Å². The van der Waals surface area contributed by atoms with Crippen LogP contribution in [0, 0.1) is 0 Å². The molecule has 0 unspecified atom stereocenters. The first-order valence-corrected chi connectivity index (χ1v) is 12.8. The van der Waals surface area contributed by atoms with Crippen LogP contribution in [0.1, 0.15) is 36.9 Å². The number of hydrogen-bond donors (Lipinski definition) is 1. The zero-order valence-corrected chi connectivity index (χ0v) is 22.3. The van der Waals surface area contributed by atoms with Crippen molar-refractivity contribution in [3.8, 4) is 5.69 Å². The molecule has 1 aliphatic heterocycles. The van der Waals surface area contributed by atoms with Crippen molar-refractivity contribution >= 4 is 46.5 Å². The van der Waals surface area contributed by atoms with E-state index >= 15 is 4.48 Å². The molecule has 200 valence electrons. The highest BCUT2D eigenvalue weighted by Crippen LogP contribution is 2.27. The average Bonchev–Trinajstić information content (AvgIpc) is 3.49. The Morgan fingerprint density at radius 2 is 1.89 bits per heavy atom. The molecule has 3 aromatic rings. The first-order chi connectivity index (χ1) is 17.9. The minimum atomic E-state index is -1.23. The fourth-order valence-corrected chi connectivity index (χ4v) is 4.90. The van der Waals surface area contributed by atoms with E-state index in [0.29, 0.717) is 14.9 Å². The van der Waals surface area contributed by atoms with Crippen LogP contribution >= 0.6 is 22.9 Å². The summed E-state index contributed by atoms with van der Waals surface area (Å²) in [5.41, 5.74) is -0.860. The van der Waals surface area contributed by atoms with Gasteiger partial charge in [-0.15, -0.1) is 16.5 Å². The van der Waals surface area contributed by atoms with Crippen LogP contribution in [-0.4, -0.2) is 56.6 Å². The van der Waals surface area contributed by atoms with E-state index in [1.54, 1.807) is 32.9 Å². The lowest BCUT2D eigenvalue weighted by molar-refractivity contribution is -0.125. The highest BCUT2D eigenvalue weighted by Gasteiger charge is 2.44. The molecule has 2 aromatic heterocycles. The van der Waals surface area contributed by atoms with Gasteiger partial charge in [-0.05, 0) is 63.6 Å². The molecule has 0 saturated carbocycles. The maximum absolute atomic E-state index is 15.4. The van der Waals surface area contributed by atoms with Gasteiger partial charge in [0.25, 0.3) is 17.4 Å². The van der Waals surface area contributed by atoms with Gasteiger partial charge in [-0.3, -0.25) is 28.8 Å². The number of nitrogens with one attached hydrogen (secondary N) is 1. The number of hydrogen-bond acceptors (Lipinski definition) is 7. The van der Waals surface area contributed by atoms with Crippen LogP contribution in [0.15, 0.2) is 59.8 Å². The quantitative estimate of drug-likeness (QED) is 0.472. The topological polar surface area (TPSA) is 114 Å². The molecule has 0 bridgehead atoms. The summed E-state index contributed by atoms with van der Waals surface area (Å²) in [6.07, 6.45) is 3.23. The predicted octanol–water partition coefficient (Wildman–Crippen LogP) is 3.97. The molecule has 1 aromatic carbocycles. The summed E-state index contributed by atoms with van der Waals surface area (Å²) in [6, 6.07) is 6.94. The van der Waals surface area contributed by atoms with E-state index < -0.39 is 35.6 Å². The molecule has 13 heteroatoms. The Labute approximate surface area is 226 Å². The Morgan fingerprint density at radius 3 is 2.50 bits per heavy atom. The number of aromatic nitrogens is 2. The number of carbonyl (C=O) groups excluding carboxylic acids is 3. The van der Waals surface area contributed by atoms with Crippen molar-refractivity contribution in [2.24, 2.45) is 0 Å². The molecule has 3 amide bonds. The number of halogens is 2. The average molecular weight is 562 g/mol. The maximum Gasteiger partial charge on any atom is 0.411 e. The summed E-state index contributed by atoms with van der Waals surface area (Å²) in [6.45, 7) is 4.98.